The van der Waals surface area contributed by atoms with Crippen LogP contribution >= 0.6 is 0 Å². The fraction of sp³-hybridized carbons (Fsp3) is 0.100. The lowest BCUT2D eigenvalue weighted by molar-refractivity contribution is 1.15. The van der Waals surface area contributed by atoms with E-state index in [1.807, 2.05) is 43.6 Å². The van der Waals surface area contributed by atoms with E-state index < -0.39 is 0 Å². The summed E-state index contributed by atoms with van der Waals surface area (Å²) in [5.74, 6) is 0.968. The minimum absolute atomic E-state index is 0.968. The standard InChI is InChI=1S/C6H7N.C4H6N2/c1-2-4-6-7-5-3-1;1-4-5-2-3-6-4/h1-7H;2-3H,1H3,(H,5,6). The molecule has 0 saturated heterocycles. The fourth-order valence-corrected chi connectivity index (χ4v) is 0.750. The molecule has 3 heteroatoms. The summed E-state index contributed by atoms with van der Waals surface area (Å²) >= 11 is 0. The monoisotopic (exact) mass is 175 g/mol. The van der Waals surface area contributed by atoms with Gasteiger partial charge in [-0.05, 0) is 19.1 Å². The molecule has 0 bridgehead atoms. The highest BCUT2D eigenvalue weighted by Gasteiger charge is 1.73. The van der Waals surface area contributed by atoms with E-state index in [4.69, 9.17) is 0 Å². The van der Waals surface area contributed by atoms with Gasteiger partial charge in [0.1, 0.15) is 5.82 Å². The molecule has 3 nitrogen and oxygen atoms in total. The molecular formula is C10H13N3. The molecule has 0 spiro atoms. The Kier molecular flexibility index (Phi) is 4.18. The molecule has 68 valence electrons. The number of nitrogens with one attached hydrogen (secondary N) is 2. The summed E-state index contributed by atoms with van der Waals surface area (Å²) in [4.78, 5) is 6.75. The van der Waals surface area contributed by atoms with Gasteiger partial charge in [0, 0.05) is 24.8 Å². The van der Waals surface area contributed by atoms with Gasteiger partial charge in [0.05, 0.1) is 0 Å². The summed E-state index contributed by atoms with van der Waals surface area (Å²) < 4.78 is 0. The molecule has 0 radical (unpaired) electrons. The van der Waals surface area contributed by atoms with E-state index in [9.17, 15) is 0 Å². The SMILES string of the molecule is C1=CC=CNC=C1.Cc1ncc[nH]1. The zero-order valence-corrected chi connectivity index (χ0v) is 7.57. The van der Waals surface area contributed by atoms with Crippen molar-refractivity contribution in [1.29, 1.82) is 0 Å². The maximum Gasteiger partial charge on any atom is 0.102 e. The van der Waals surface area contributed by atoms with Gasteiger partial charge in [-0.2, -0.15) is 0 Å². The second-order valence-corrected chi connectivity index (χ2v) is 2.44. The number of aryl methyl sites for hydroxylation is 1. The Morgan fingerprint density at radius 2 is 1.77 bits per heavy atom. The first-order chi connectivity index (χ1) is 6.39. The van der Waals surface area contributed by atoms with Crippen molar-refractivity contribution in [2.24, 2.45) is 0 Å². The smallest absolute Gasteiger partial charge is 0.102 e. The van der Waals surface area contributed by atoms with Crippen LogP contribution in [0.4, 0.5) is 0 Å². The first kappa shape index (κ1) is 9.32. The number of aromatic nitrogens is 2. The summed E-state index contributed by atoms with van der Waals surface area (Å²) in [5.41, 5.74) is 0. The molecule has 2 rings (SSSR count). The summed E-state index contributed by atoms with van der Waals surface area (Å²) in [6.45, 7) is 1.92. The normalized spacial score (nSPS) is 12.7. The molecule has 0 unspecified atom stereocenters. The molecule has 0 saturated carbocycles. The van der Waals surface area contributed by atoms with E-state index in [0.717, 1.165) is 5.82 Å². The number of hydrogen-bond donors (Lipinski definition) is 2. The lowest BCUT2D eigenvalue weighted by Gasteiger charge is -1.79. The third-order valence-electron chi connectivity index (χ3n) is 1.35. The highest BCUT2D eigenvalue weighted by atomic mass is 14.9. The Morgan fingerprint density at radius 3 is 2.15 bits per heavy atom. The third kappa shape index (κ3) is 4.63. The molecule has 1 aromatic rings. The Balaban J connectivity index is 0.000000132. The highest BCUT2D eigenvalue weighted by molar-refractivity contribution is 5.14. The molecule has 13 heavy (non-hydrogen) atoms. The number of hydrogen-bond acceptors (Lipinski definition) is 2. The second kappa shape index (κ2) is 5.83. The van der Waals surface area contributed by atoms with Crippen LogP contribution in [0.15, 0.2) is 49.1 Å². The highest BCUT2D eigenvalue weighted by Crippen LogP contribution is 1.81. The molecule has 2 N–H and O–H groups in total. The van der Waals surface area contributed by atoms with Gasteiger partial charge in [0.15, 0.2) is 0 Å². The molecule has 1 aromatic heterocycles. The predicted octanol–water partition coefficient (Wildman–Crippen LogP) is 1.89. The topological polar surface area (TPSA) is 40.7 Å². The van der Waals surface area contributed by atoms with E-state index in [1.54, 1.807) is 12.4 Å². The van der Waals surface area contributed by atoms with E-state index >= 15 is 0 Å². The Hall–Kier alpha value is -1.77. The van der Waals surface area contributed by atoms with Crippen molar-refractivity contribution >= 4 is 0 Å². The average Bonchev–Trinajstić information content (AvgIpc) is 2.48. The first-order valence-electron chi connectivity index (χ1n) is 4.10. The molecule has 0 fully saturated rings. The summed E-state index contributed by atoms with van der Waals surface area (Å²) in [7, 11) is 0. The maximum atomic E-state index is 3.86. The van der Waals surface area contributed by atoms with E-state index in [0.29, 0.717) is 0 Å². The van der Waals surface area contributed by atoms with Gasteiger partial charge >= 0.3 is 0 Å². The van der Waals surface area contributed by atoms with Gasteiger partial charge in [-0.25, -0.2) is 4.98 Å². The van der Waals surface area contributed by atoms with Crippen LogP contribution in [0, 0.1) is 6.92 Å². The van der Waals surface area contributed by atoms with Gasteiger partial charge in [-0.1, -0.05) is 12.2 Å². The van der Waals surface area contributed by atoms with Crippen molar-refractivity contribution in [1.82, 2.24) is 15.3 Å². The Bertz CT molecular complexity index is 280. The van der Waals surface area contributed by atoms with Crippen LogP contribution in [0.5, 0.6) is 0 Å². The van der Waals surface area contributed by atoms with Gasteiger partial charge in [0.25, 0.3) is 0 Å². The van der Waals surface area contributed by atoms with Crippen LogP contribution in [0.25, 0.3) is 0 Å². The number of allylic oxidation sites excluding steroid dienone is 4. The van der Waals surface area contributed by atoms with Gasteiger partial charge in [-0.3, -0.25) is 0 Å². The fourth-order valence-electron chi connectivity index (χ4n) is 0.750. The van der Waals surface area contributed by atoms with Crippen LogP contribution in [-0.4, -0.2) is 9.97 Å². The number of aromatic amines is 1. The van der Waals surface area contributed by atoms with Gasteiger partial charge in [0.2, 0.25) is 0 Å². The second-order valence-electron chi connectivity index (χ2n) is 2.44. The Labute approximate surface area is 77.9 Å². The lowest BCUT2D eigenvalue weighted by atomic mass is 10.5. The molecular weight excluding hydrogens is 162 g/mol. The third-order valence-corrected chi connectivity index (χ3v) is 1.35. The number of imidazole rings is 1. The largest absolute Gasteiger partial charge is 0.368 e. The number of rotatable bonds is 0. The van der Waals surface area contributed by atoms with Crippen LogP contribution < -0.4 is 5.32 Å². The molecule has 1 aliphatic heterocycles. The van der Waals surface area contributed by atoms with Crippen LogP contribution in [-0.2, 0) is 0 Å². The van der Waals surface area contributed by atoms with E-state index in [2.05, 4.69) is 15.3 Å². The zero-order chi connectivity index (χ0) is 9.36. The van der Waals surface area contributed by atoms with Crippen molar-refractivity contribution in [2.45, 2.75) is 6.92 Å². The molecule has 2 heterocycles. The predicted molar refractivity (Wildman–Crippen MR) is 53.9 cm³/mol. The van der Waals surface area contributed by atoms with E-state index in [-0.39, 0.29) is 0 Å². The average molecular weight is 175 g/mol. The van der Waals surface area contributed by atoms with Gasteiger partial charge in [-0.15, -0.1) is 0 Å². The summed E-state index contributed by atoms with van der Waals surface area (Å²) in [6, 6.07) is 0. The molecule has 0 aromatic carbocycles. The number of nitrogens with zero attached hydrogens (tertiary/aromatic N) is 1. The summed E-state index contributed by atoms with van der Waals surface area (Å²) in [5, 5.41) is 2.92. The quantitative estimate of drug-likeness (QED) is 0.632. The molecule has 0 atom stereocenters. The zero-order valence-electron chi connectivity index (χ0n) is 7.57. The van der Waals surface area contributed by atoms with Crippen molar-refractivity contribution < 1.29 is 0 Å². The van der Waals surface area contributed by atoms with Crippen LogP contribution in [0.3, 0.4) is 0 Å². The molecule has 0 aliphatic carbocycles. The lowest BCUT2D eigenvalue weighted by Crippen LogP contribution is -1.87. The number of H-pyrrole nitrogens is 1. The summed E-state index contributed by atoms with van der Waals surface area (Å²) in [6.07, 6.45) is 15.1. The van der Waals surface area contributed by atoms with Crippen LogP contribution in [0.1, 0.15) is 5.82 Å². The van der Waals surface area contributed by atoms with Crippen molar-refractivity contribution in [3.05, 3.63) is 54.9 Å². The van der Waals surface area contributed by atoms with Crippen molar-refractivity contribution in [2.75, 3.05) is 0 Å². The minimum Gasteiger partial charge on any atom is -0.368 e. The molecule has 0 amide bonds. The van der Waals surface area contributed by atoms with Gasteiger partial charge < -0.3 is 10.3 Å². The van der Waals surface area contributed by atoms with Crippen LogP contribution in [0.2, 0.25) is 0 Å². The minimum atomic E-state index is 0.968. The maximum absolute atomic E-state index is 3.86. The Morgan fingerprint density at radius 1 is 1.08 bits per heavy atom. The molecule has 1 aliphatic rings. The van der Waals surface area contributed by atoms with E-state index in [1.165, 1.54) is 0 Å². The first-order valence-corrected chi connectivity index (χ1v) is 4.10. The van der Waals surface area contributed by atoms with Crippen molar-refractivity contribution in [3.63, 3.8) is 0 Å². The van der Waals surface area contributed by atoms with Crippen molar-refractivity contribution in [3.8, 4) is 0 Å².